The normalized spacial score (nSPS) is 36.9. The van der Waals surface area contributed by atoms with Crippen LogP contribution in [0.4, 0.5) is 4.79 Å². The van der Waals surface area contributed by atoms with Crippen molar-refractivity contribution in [3.8, 4) is 22.6 Å². The molecule has 7 heteroatoms. The van der Waals surface area contributed by atoms with E-state index in [4.69, 9.17) is 14.2 Å². The van der Waals surface area contributed by atoms with Gasteiger partial charge in [-0.25, -0.2) is 4.79 Å². The lowest BCUT2D eigenvalue weighted by Gasteiger charge is -2.71. The number of allylic oxidation sites excluding steroid dienone is 4. The van der Waals surface area contributed by atoms with Crippen molar-refractivity contribution in [1.29, 1.82) is 0 Å². The van der Waals surface area contributed by atoms with E-state index in [0.717, 1.165) is 60.8 Å². The second-order valence-corrected chi connectivity index (χ2v) is 16.9. The average molecular weight is 700 g/mol. The number of fused-ring (bicyclic) bond motifs is 2. The Kier molecular flexibility index (Phi) is 7.45. The van der Waals surface area contributed by atoms with E-state index in [-0.39, 0.29) is 40.0 Å². The fraction of sp³-hybridized carbons (Fsp3) is 0.467. The van der Waals surface area contributed by atoms with Gasteiger partial charge in [0.2, 0.25) is 0 Å². The van der Waals surface area contributed by atoms with Gasteiger partial charge in [-0.15, -0.1) is 0 Å². The Bertz CT molecular complexity index is 2010. The highest BCUT2D eigenvalue weighted by Gasteiger charge is 2.76. The molecule has 3 aromatic carbocycles. The van der Waals surface area contributed by atoms with Gasteiger partial charge in [0.05, 0.1) is 33.4 Å². The van der Waals surface area contributed by atoms with Crippen LogP contribution in [0.25, 0.3) is 11.1 Å². The predicted octanol–water partition coefficient (Wildman–Crippen LogP) is 8.80. The van der Waals surface area contributed by atoms with E-state index in [1.54, 1.807) is 14.2 Å². The number of Topliss-reactive ketones (excluding diaryl/α,β-unsaturated/α-hetero) is 1. The quantitative estimate of drug-likeness (QED) is 0.196. The molecule has 270 valence electrons. The molecule has 3 saturated carbocycles. The van der Waals surface area contributed by atoms with E-state index in [9.17, 15) is 9.90 Å². The molecule has 4 fully saturated rings. The Labute approximate surface area is 306 Å². The number of ether oxygens (including phenoxy) is 3. The molecule has 2 bridgehead atoms. The van der Waals surface area contributed by atoms with E-state index < -0.39 is 17.1 Å². The number of nitrogens with zero attached hydrogens (tertiary/aromatic N) is 1. The molecule has 3 spiro atoms. The predicted molar refractivity (Wildman–Crippen MR) is 199 cm³/mol. The highest BCUT2D eigenvalue weighted by molar-refractivity contribution is 6.10. The molecule has 3 aromatic rings. The van der Waals surface area contributed by atoms with Gasteiger partial charge in [0.15, 0.2) is 5.78 Å². The van der Waals surface area contributed by atoms with E-state index >= 15 is 4.79 Å². The van der Waals surface area contributed by atoms with Crippen LogP contribution in [-0.2, 0) is 11.3 Å². The zero-order valence-electron chi connectivity index (χ0n) is 30.7. The number of carbonyl (C=O) groups excluding carboxylic acids is 2. The summed E-state index contributed by atoms with van der Waals surface area (Å²) in [6.45, 7) is 5.66. The van der Waals surface area contributed by atoms with Gasteiger partial charge in [-0.1, -0.05) is 86.7 Å². The fourth-order valence-corrected chi connectivity index (χ4v) is 12.3. The monoisotopic (exact) mass is 699 g/mol. The van der Waals surface area contributed by atoms with Gasteiger partial charge >= 0.3 is 6.09 Å². The average Bonchev–Trinajstić information content (AvgIpc) is 3.65. The van der Waals surface area contributed by atoms with Crippen molar-refractivity contribution in [2.75, 3.05) is 20.8 Å². The largest absolute Gasteiger partial charge is 0.497 e. The SMILES string of the molecule is COc1ccc(CN2CC3(CCC4C56C=CC7(C=C5C(=O)c5ccc(-c8ccccc8)cc5)CC(O)CCC7(C)C6CCC43C)OC2=O)c(OC)c1. The maximum absolute atomic E-state index is 15.1. The summed E-state index contributed by atoms with van der Waals surface area (Å²) in [6, 6.07) is 24.0. The van der Waals surface area contributed by atoms with Crippen molar-refractivity contribution >= 4 is 11.9 Å². The first-order valence-electron chi connectivity index (χ1n) is 19.0. The topological polar surface area (TPSA) is 85.3 Å². The summed E-state index contributed by atoms with van der Waals surface area (Å²) < 4.78 is 17.7. The van der Waals surface area contributed by atoms with Crippen molar-refractivity contribution in [3.05, 3.63) is 108 Å². The molecule has 1 heterocycles. The Morgan fingerprint density at radius 3 is 2.33 bits per heavy atom. The molecule has 6 aliphatic carbocycles. The molecule has 10 rings (SSSR count). The molecular weight excluding hydrogens is 650 g/mol. The number of rotatable bonds is 7. The van der Waals surface area contributed by atoms with E-state index in [2.05, 4.69) is 56.3 Å². The number of benzene rings is 3. The number of methoxy groups -OCH3 is 2. The van der Waals surface area contributed by atoms with Crippen LogP contribution < -0.4 is 9.47 Å². The Morgan fingerprint density at radius 1 is 0.865 bits per heavy atom. The first kappa shape index (κ1) is 33.5. The Hall–Kier alpha value is -4.36. The highest BCUT2D eigenvalue weighted by atomic mass is 16.6. The minimum absolute atomic E-state index is 0.0808. The van der Waals surface area contributed by atoms with Gasteiger partial charge < -0.3 is 19.3 Å². The molecule has 1 saturated heterocycles. The zero-order chi connectivity index (χ0) is 36.1. The fourth-order valence-electron chi connectivity index (χ4n) is 12.3. The van der Waals surface area contributed by atoms with E-state index in [0.29, 0.717) is 36.6 Å². The van der Waals surface area contributed by atoms with Crippen LogP contribution in [0.1, 0.15) is 74.7 Å². The number of amides is 1. The van der Waals surface area contributed by atoms with Crippen molar-refractivity contribution in [2.45, 2.75) is 77.0 Å². The molecule has 0 radical (unpaired) electrons. The summed E-state index contributed by atoms with van der Waals surface area (Å²) in [5.74, 6) is 1.82. The van der Waals surface area contributed by atoms with Crippen LogP contribution in [0.5, 0.6) is 11.5 Å². The minimum Gasteiger partial charge on any atom is -0.497 e. The van der Waals surface area contributed by atoms with Gasteiger partial charge in [-0.2, -0.15) is 0 Å². The van der Waals surface area contributed by atoms with Gasteiger partial charge in [0.25, 0.3) is 0 Å². The van der Waals surface area contributed by atoms with Crippen molar-refractivity contribution in [1.82, 2.24) is 4.90 Å². The summed E-state index contributed by atoms with van der Waals surface area (Å²) in [7, 11) is 3.26. The van der Waals surface area contributed by atoms with Crippen LogP contribution in [0.15, 0.2) is 96.6 Å². The number of aliphatic hydroxyl groups excluding tert-OH is 1. The second kappa shape index (κ2) is 11.6. The molecule has 8 atom stereocenters. The van der Waals surface area contributed by atoms with Crippen LogP contribution >= 0.6 is 0 Å². The Balaban J connectivity index is 1.10. The van der Waals surface area contributed by atoms with Crippen molar-refractivity contribution in [2.24, 2.45) is 33.5 Å². The highest BCUT2D eigenvalue weighted by Crippen LogP contribution is 2.79. The minimum atomic E-state index is -0.664. The molecule has 1 N–H and O–H groups in total. The lowest BCUT2D eigenvalue weighted by atomic mass is 9.32. The summed E-state index contributed by atoms with van der Waals surface area (Å²) in [5.41, 5.74) is 2.73. The van der Waals surface area contributed by atoms with Gasteiger partial charge in [0.1, 0.15) is 17.1 Å². The number of carbonyl (C=O) groups is 2. The molecule has 0 aromatic heterocycles. The summed E-state index contributed by atoms with van der Waals surface area (Å²) in [6.07, 6.45) is 12.2. The van der Waals surface area contributed by atoms with Gasteiger partial charge in [-0.3, -0.25) is 9.69 Å². The van der Waals surface area contributed by atoms with Crippen LogP contribution in [0, 0.1) is 33.5 Å². The molecule has 7 nitrogen and oxygen atoms in total. The molecule has 1 aliphatic heterocycles. The third-order valence-electron chi connectivity index (χ3n) is 15.0. The van der Waals surface area contributed by atoms with Crippen LogP contribution in [0.3, 0.4) is 0 Å². The molecule has 8 unspecified atom stereocenters. The Morgan fingerprint density at radius 2 is 1.58 bits per heavy atom. The second-order valence-electron chi connectivity index (χ2n) is 16.9. The first-order valence-corrected chi connectivity index (χ1v) is 19.0. The third kappa shape index (κ3) is 4.41. The molecule has 52 heavy (non-hydrogen) atoms. The molecule has 7 aliphatic rings. The van der Waals surface area contributed by atoms with E-state index in [1.165, 1.54) is 0 Å². The third-order valence-corrected chi connectivity index (χ3v) is 15.0. The van der Waals surface area contributed by atoms with Crippen LogP contribution in [-0.4, -0.2) is 54.4 Å². The molecular formula is C45H49NO6. The summed E-state index contributed by atoms with van der Waals surface area (Å²) >= 11 is 0. The number of hydrogen-bond acceptors (Lipinski definition) is 6. The summed E-state index contributed by atoms with van der Waals surface area (Å²) in [4.78, 5) is 30.7. The standard InChI is InChI=1S/C45H49NO6/c1-41-19-16-33(47)25-43(41)22-23-45(35(26-43)39(48)31-12-10-30(11-13-31)29-8-6-5-7-9-29)37(41)17-20-42(2)38(45)18-21-44(42)28-46(40(49)52-44)27-32-14-15-34(50-3)24-36(32)51-4/h5-15,22-24,26,33,37-38,47H,16-21,25,27-28H2,1-4H3. The lowest BCUT2D eigenvalue weighted by molar-refractivity contribution is -0.164. The maximum Gasteiger partial charge on any atom is 0.410 e. The lowest BCUT2D eigenvalue weighted by Crippen LogP contribution is -2.67. The maximum atomic E-state index is 15.1. The zero-order valence-corrected chi connectivity index (χ0v) is 30.7. The van der Waals surface area contributed by atoms with Crippen LogP contribution in [0.2, 0.25) is 0 Å². The molecule has 1 amide bonds. The van der Waals surface area contributed by atoms with E-state index in [1.807, 2.05) is 53.4 Å². The number of hydrogen-bond donors (Lipinski definition) is 1. The summed E-state index contributed by atoms with van der Waals surface area (Å²) in [5, 5.41) is 11.1. The first-order chi connectivity index (χ1) is 25.0. The van der Waals surface area contributed by atoms with Gasteiger partial charge in [-0.05, 0) is 85.5 Å². The van der Waals surface area contributed by atoms with Crippen molar-refractivity contribution < 1.29 is 28.9 Å². The van der Waals surface area contributed by atoms with Crippen molar-refractivity contribution in [3.63, 3.8) is 0 Å². The number of aliphatic hydroxyl groups is 1. The smallest absolute Gasteiger partial charge is 0.410 e. The number of ketones is 1. The van der Waals surface area contributed by atoms with Gasteiger partial charge in [0, 0.05) is 39.0 Å².